The molecule has 0 aliphatic carbocycles. The van der Waals surface area contributed by atoms with Crippen LogP contribution in [0.1, 0.15) is 40.3 Å². The molecule has 2 aliphatic heterocycles. The van der Waals surface area contributed by atoms with E-state index in [1.54, 1.807) is 17.0 Å². The van der Waals surface area contributed by atoms with Gasteiger partial charge in [-0.3, -0.25) is 14.6 Å². The zero-order chi connectivity index (χ0) is 20.0. The summed E-state index contributed by atoms with van der Waals surface area (Å²) >= 11 is 0. The highest BCUT2D eigenvalue weighted by molar-refractivity contribution is 5.97. The third-order valence-electron chi connectivity index (χ3n) is 5.98. The van der Waals surface area contributed by atoms with Gasteiger partial charge in [0.1, 0.15) is 0 Å². The van der Waals surface area contributed by atoms with Crippen molar-refractivity contribution in [3.8, 4) is 0 Å². The van der Waals surface area contributed by atoms with Crippen molar-refractivity contribution in [2.75, 3.05) is 6.54 Å². The van der Waals surface area contributed by atoms with Gasteiger partial charge in [0.15, 0.2) is 5.82 Å². The first-order chi connectivity index (χ1) is 14.2. The maximum absolute atomic E-state index is 13.8. The molecule has 1 amide bonds. The minimum absolute atomic E-state index is 0.0394. The largest absolute Gasteiger partial charge is 0.332 e. The molecule has 0 radical (unpaired) electrons. The van der Waals surface area contributed by atoms with Gasteiger partial charge < -0.3 is 4.57 Å². The predicted molar refractivity (Wildman–Crippen MR) is 108 cm³/mol. The van der Waals surface area contributed by atoms with Crippen LogP contribution in [-0.4, -0.2) is 37.8 Å². The summed E-state index contributed by atoms with van der Waals surface area (Å²) in [4.78, 5) is 31.0. The highest BCUT2D eigenvalue weighted by Gasteiger charge is 2.56. The standard InChI is InChI=1S/C23H22N4O2/c1-25-15-13-24-23(25)22(29)19-20(16-8-4-2-5-9-16)26-14-12-18(28)27(26)21(19)17-10-6-3-7-11-17/h2-11,13,15,19-21H,12,14H2,1H3/t19-,20+,21+/m1/s1. The molecule has 2 aromatic carbocycles. The molecule has 3 aromatic rings. The van der Waals surface area contributed by atoms with E-state index in [1.165, 1.54) is 0 Å². The van der Waals surface area contributed by atoms with Crippen LogP contribution in [-0.2, 0) is 11.8 Å². The second-order valence-electron chi connectivity index (χ2n) is 7.61. The Balaban J connectivity index is 1.69. The fourth-order valence-electron chi connectivity index (χ4n) is 4.74. The molecule has 3 atom stereocenters. The number of nitrogens with zero attached hydrogens (tertiary/aromatic N) is 4. The van der Waals surface area contributed by atoms with Gasteiger partial charge in [0.2, 0.25) is 11.7 Å². The van der Waals surface area contributed by atoms with Crippen molar-refractivity contribution in [3.63, 3.8) is 0 Å². The summed E-state index contributed by atoms with van der Waals surface area (Å²) < 4.78 is 1.76. The van der Waals surface area contributed by atoms with Crippen molar-refractivity contribution in [2.24, 2.45) is 13.0 Å². The van der Waals surface area contributed by atoms with E-state index in [0.29, 0.717) is 18.8 Å². The Bertz CT molecular complexity index is 1050. The number of Topliss-reactive ketones (excluding diaryl/α,β-unsaturated/α-hetero) is 1. The number of amides is 1. The Morgan fingerprint density at radius 2 is 1.59 bits per heavy atom. The van der Waals surface area contributed by atoms with Crippen LogP contribution < -0.4 is 0 Å². The Morgan fingerprint density at radius 1 is 0.966 bits per heavy atom. The number of imidazole rings is 1. The average Bonchev–Trinajstić information content (AvgIpc) is 3.44. The molecule has 146 valence electrons. The summed E-state index contributed by atoms with van der Waals surface area (Å²) in [5.74, 6) is 0.00849. The Labute approximate surface area is 169 Å². The Kier molecular flexibility index (Phi) is 4.28. The van der Waals surface area contributed by atoms with Crippen molar-refractivity contribution >= 4 is 11.7 Å². The number of ketones is 1. The molecule has 2 aliphatic rings. The first-order valence-electron chi connectivity index (χ1n) is 9.87. The quantitative estimate of drug-likeness (QED) is 0.647. The van der Waals surface area contributed by atoms with Crippen molar-refractivity contribution in [2.45, 2.75) is 18.5 Å². The molecule has 0 spiro atoms. The van der Waals surface area contributed by atoms with Crippen LogP contribution in [0.5, 0.6) is 0 Å². The number of aryl methyl sites for hydroxylation is 1. The molecule has 6 heteroatoms. The maximum Gasteiger partial charge on any atom is 0.238 e. The van der Waals surface area contributed by atoms with E-state index >= 15 is 0 Å². The van der Waals surface area contributed by atoms with Gasteiger partial charge in [0, 0.05) is 32.4 Å². The topological polar surface area (TPSA) is 58.4 Å². The maximum atomic E-state index is 13.8. The minimum Gasteiger partial charge on any atom is -0.332 e. The van der Waals surface area contributed by atoms with Gasteiger partial charge in [-0.15, -0.1) is 0 Å². The Morgan fingerprint density at radius 3 is 2.17 bits per heavy atom. The van der Waals surface area contributed by atoms with Crippen molar-refractivity contribution in [3.05, 3.63) is 90.0 Å². The van der Waals surface area contributed by atoms with Gasteiger partial charge in [-0.25, -0.2) is 9.99 Å². The number of aromatic nitrogens is 2. The predicted octanol–water partition coefficient (Wildman–Crippen LogP) is 3.16. The van der Waals surface area contributed by atoms with Crippen molar-refractivity contribution in [1.29, 1.82) is 0 Å². The molecule has 2 saturated heterocycles. The number of rotatable bonds is 4. The van der Waals surface area contributed by atoms with E-state index in [1.807, 2.05) is 72.7 Å². The van der Waals surface area contributed by atoms with Crippen LogP contribution in [0.15, 0.2) is 73.1 Å². The smallest absolute Gasteiger partial charge is 0.238 e. The highest BCUT2D eigenvalue weighted by Crippen LogP contribution is 2.51. The molecule has 0 saturated carbocycles. The lowest BCUT2D eigenvalue weighted by Gasteiger charge is -2.27. The second kappa shape index (κ2) is 6.97. The molecular formula is C23H22N4O2. The van der Waals surface area contributed by atoms with Crippen LogP contribution in [0.2, 0.25) is 0 Å². The summed E-state index contributed by atoms with van der Waals surface area (Å²) in [6.07, 6.45) is 3.89. The van der Waals surface area contributed by atoms with Gasteiger partial charge in [0.05, 0.1) is 18.0 Å². The molecule has 0 N–H and O–H groups in total. The summed E-state index contributed by atoms with van der Waals surface area (Å²) in [5, 5.41) is 3.90. The number of hydrogen-bond acceptors (Lipinski definition) is 4. The van der Waals surface area contributed by atoms with E-state index in [0.717, 1.165) is 11.1 Å². The summed E-state index contributed by atoms with van der Waals surface area (Å²) in [6, 6.07) is 19.3. The lowest BCUT2D eigenvalue weighted by Crippen LogP contribution is -2.35. The first-order valence-corrected chi connectivity index (χ1v) is 9.87. The third-order valence-corrected chi connectivity index (χ3v) is 5.98. The lowest BCUT2D eigenvalue weighted by atomic mass is 9.81. The van der Waals surface area contributed by atoms with Crippen molar-refractivity contribution < 1.29 is 9.59 Å². The minimum atomic E-state index is -0.440. The zero-order valence-electron chi connectivity index (χ0n) is 16.2. The van der Waals surface area contributed by atoms with Crippen LogP contribution in [0, 0.1) is 5.92 Å². The SMILES string of the molecule is Cn1ccnc1C(=O)[C@@H]1[C@H](c2ccccc2)N2CCC(=O)N2[C@H]1c1ccccc1. The number of benzene rings is 2. The zero-order valence-corrected chi connectivity index (χ0v) is 16.2. The van der Waals surface area contributed by atoms with E-state index in [4.69, 9.17) is 0 Å². The van der Waals surface area contributed by atoms with E-state index < -0.39 is 5.92 Å². The van der Waals surface area contributed by atoms with Gasteiger partial charge >= 0.3 is 0 Å². The fraction of sp³-hybridized carbons (Fsp3) is 0.261. The first kappa shape index (κ1) is 17.8. The van der Waals surface area contributed by atoms with Crippen LogP contribution in [0.3, 0.4) is 0 Å². The normalized spacial score (nSPS) is 24.1. The van der Waals surface area contributed by atoms with Gasteiger partial charge in [-0.2, -0.15) is 0 Å². The summed E-state index contributed by atoms with van der Waals surface area (Å²) in [6.45, 7) is 0.617. The van der Waals surface area contributed by atoms with Gasteiger partial charge in [-0.1, -0.05) is 60.7 Å². The molecular weight excluding hydrogens is 364 g/mol. The third kappa shape index (κ3) is 2.79. The number of carbonyl (C=O) groups excluding carboxylic acids is 2. The van der Waals surface area contributed by atoms with E-state index in [9.17, 15) is 9.59 Å². The van der Waals surface area contributed by atoms with Crippen LogP contribution >= 0.6 is 0 Å². The monoisotopic (exact) mass is 386 g/mol. The molecule has 5 rings (SSSR count). The number of hydrogen-bond donors (Lipinski definition) is 0. The fourth-order valence-corrected chi connectivity index (χ4v) is 4.74. The number of hydrazine groups is 1. The summed E-state index contributed by atoms with van der Waals surface area (Å²) in [5.41, 5.74) is 2.01. The van der Waals surface area contributed by atoms with Gasteiger partial charge in [0.25, 0.3) is 0 Å². The molecule has 0 unspecified atom stereocenters. The van der Waals surface area contributed by atoms with E-state index in [-0.39, 0.29) is 23.8 Å². The highest BCUT2D eigenvalue weighted by atomic mass is 16.2. The number of fused-ring (bicyclic) bond motifs is 1. The second-order valence-corrected chi connectivity index (χ2v) is 7.61. The van der Waals surface area contributed by atoms with Crippen LogP contribution in [0.25, 0.3) is 0 Å². The lowest BCUT2D eigenvalue weighted by molar-refractivity contribution is -0.138. The molecule has 1 aromatic heterocycles. The Hall–Kier alpha value is -3.25. The summed E-state index contributed by atoms with van der Waals surface area (Å²) in [7, 11) is 1.83. The van der Waals surface area contributed by atoms with E-state index in [2.05, 4.69) is 9.99 Å². The molecule has 0 bridgehead atoms. The molecule has 6 nitrogen and oxygen atoms in total. The van der Waals surface area contributed by atoms with Crippen molar-refractivity contribution in [1.82, 2.24) is 19.6 Å². The molecule has 3 heterocycles. The van der Waals surface area contributed by atoms with Crippen LogP contribution in [0.4, 0.5) is 0 Å². The average molecular weight is 386 g/mol. The number of carbonyl (C=O) groups is 2. The van der Waals surface area contributed by atoms with Gasteiger partial charge in [-0.05, 0) is 11.1 Å². The molecule has 2 fully saturated rings. The molecule has 29 heavy (non-hydrogen) atoms.